The summed E-state index contributed by atoms with van der Waals surface area (Å²) in [5.74, 6) is -0.916. The minimum Gasteiger partial charge on any atom is -0.489 e. The molecule has 0 spiro atoms. The van der Waals surface area contributed by atoms with E-state index in [9.17, 15) is 13.2 Å². The number of carboxylic acids is 1. The summed E-state index contributed by atoms with van der Waals surface area (Å²) in [4.78, 5) is 10.7. The number of sulfone groups is 1. The minimum atomic E-state index is -3.69. The van der Waals surface area contributed by atoms with Gasteiger partial charge in [-0.25, -0.2) is 8.42 Å². The van der Waals surface area contributed by atoms with Crippen LogP contribution in [0.4, 0.5) is 0 Å². The zero-order valence-corrected chi connectivity index (χ0v) is 10.7. The molecule has 0 saturated heterocycles. The van der Waals surface area contributed by atoms with Crippen molar-refractivity contribution in [1.82, 2.24) is 0 Å². The quantitative estimate of drug-likeness (QED) is 0.878. The number of fused-ring (bicyclic) bond motifs is 1. The molecule has 1 aliphatic rings. The van der Waals surface area contributed by atoms with E-state index in [2.05, 4.69) is 0 Å². The van der Waals surface area contributed by atoms with Crippen LogP contribution in [0.5, 0.6) is 5.75 Å². The average molecular weight is 270 g/mol. The summed E-state index contributed by atoms with van der Waals surface area (Å²) in [5.41, 5.74) is 0.959. The van der Waals surface area contributed by atoms with Gasteiger partial charge in [0.25, 0.3) is 0 Å². The highest BCUT2D eigenvalue weighted by atomic mass is 32.2. The Hall–Kier alpha value is -1.56. The lowest BCUT2D eigenvalue weighted by Crippen LogP contribution is -2.35. The second kappa shape index (κ2) is 4.61. The highest BCUT2D eigenvalue weighted by molar-refractivity contribution is 7.92. The molecule has 0 aliphatic carbocycles. The largest absolute Gasteiger partial charge is 0.489 e. The van der Waals surface area contributed by atoms with Crippen LogP contribution in [-0.4, -0.2) is 36.6 Å². The number of carbonyl (C=O) groups is 1. The van der Waals surface area contributed by atoms with Crippen molar-refractivity contribution in [2.75, 3.05) is 5.75 Å². The van der Waals surface area contributed by atoms with Crippen molar-refractivity contribution >= 4 is 15.8 Å². The molecule has 1 aliphatic heterocycles. The van der Waals surface area contributed by atoms with Gasteiger partial charge in [-0.3, -0.25) is 4.79 Å². The molecule has 2 atom stereocenters. The van der Waals surface area contributed by atoms with Gasteiger partial charge >= 0.3 is 5.97 Å². The number of rotatable bonds is 4. The maximum Gasteiger partial charge on any atom is 0.321 e. The van der Waals surface area contributed by atoms with E-state index in [0.717, 1.165) is 5.56 Å². The molecule has 0 amide bonds. The first kappa shape index (κ1) is 12.9. The van der Waals surface area contributed by atoms with E-state index in [1.807, 2.05) is 18.2 Å². The van der Waals surface area contributed by atoms with Crippen LogP contribution in [0, 0.1) is 0 Å². The van der Waals surface area contributed by atoms with Crippen LogP contribution in [0.1, 0.15) is 12.5 Å². The van der Waals surface area contributed by atoms with Gasteiger partial charge in [0.2, 0.25) is 0 Å². The fraction of sp³-hybridized carbons (Fsp3) is 0.417. The van der Waals surface area contributed by atoms with Gasteiger partial charge in [0.15, 0.2) is 15.1 Å². The predicted octanol–water partition coefficient (Wildman–Crippen LogP) is 0.878. The van der Waals surface area contributed by atoms with Crippen LogP contribution in [0.25, 0.3) is 0 Å². The molecule has 5 nitrogen and oxygen atoms in total. The molecule has 1 heterocycles. The molecule has 0 fully saturated rings. The first-order chi connectivity index (χ1) is 8.40. The van der Waals surface area contributed by atoms with Crippen LogP contribution in [-0.2, 0) is 21.1 Å². The van der Waals surface area contributed by atoms with Gasteiger partial charge in [-0.05, 0) is 18.6 Å². The van der Waals surface area contributed by atoms with Crippen LogP contribution >= 0.6 is 0 Å². The normalized spacial score (nSPS) is 19.9. The maximum atomic E-state index is 11.8. The van der Waals surface area contributed by atoms with E-state index in [-0.39, 0.29) is 5.75 Å². The number of hydrogen-bond donors (Lipinski definition) is 1. The third-order valence-corrected chi connectivity index (χ3v) is 5.13. The Morgan fingerprint density at radius 3 is 2.78 bits per heavy atom. The van der Waals surface area contributed by atoms with E-state index < -0.39 is 27.2 Å². The average Bonchev–Trinajstić information content (AvgIpc) is 2.68. The molecule has 1 aromatic rings. The fourth-order valence-corrected chi connectivity index (χ4v) is 3.20. The predicted molar refractivity (Wildman–Crippen MR) is 65.4 cm³/mol. The lowest BCUT2D eigenvalue weighted by molar-refractivity contribution is -0.136. The monoisotopic (exact) mass is 270 g/mol. The number of benzene rings is 1. The summed E-state index contributed by atoms with van der Waals surface area (Å²) < 4.78 is 29.1. The summed E-state index contributed by atoms with van der Waals surface area (Å²) >= 11 is 0. The standard InChI is InChI=1S/C12H14O5S/c1-8(12(13)14)18(15,16)7-10-6-9-4-2-3-5-11(9)17-10/h2-5,8,10H,6-7H2,1H3,(H,13,14). The molecule has 18 heavy (non-hydrogen) atoms. The van der Waals surface area contributed by atoms with E-state index in [0.29, 0.717) is 12.2 Å². The van der Waals surface area contributed by atoms with Crippen LogP contribution in [0.2, 0.25) is 0 Å². The summed E-state index contributed by atoms with van der Waals surface area (Å²) in [5, 5.41) is 7.35. The van der Waals surface area contributed by atoms with Crippen molar-refractivity contribution in [2.24, 2.45) is 0 Å². The number of para-hydroxylation sites is 1. The van der Waals surface area contributed by atoms with E-state index >= 15 is 0 Å². The summed E-state index contributed by atoms with van der Waals surface area (Å²) in [7, 11) is -3.69. The zero-order valence-electron chi connectivity index (χ0n) is 9.87. The lowest BCUT2D eigenvalue weighted by atomic mass is 10.1. The smallest absolute Gasteiger partial charge is 0.321 e. The Balaban J connectivity index is 2.08. The van der Waals surface area contributed by atoms with Crippen molar-refractivity contribution in [1.29, 1.82) is 0 Å². The summed E-state index contributed by atoms with van der Waals surface area (Å²) in [6, 6.07) is 7.33. The second-order valence-electron chi connectivity index (χ2n) is 4.36. The molecular formula is C12H14O5S. The Morgan fingerprint density at radius 1 is 1.50 bits per heavy atom. The third kappa shape index (κ3) is 2.48. The summed E-state index contributed by atoms with van der Waals surface area (Å²) in [6.07, 6.45) is 0.0102. The molecule has 1 aromatic carbocycles. The van der Waals surface area contributed by atoms with Crippen molar-refractivity contribution in [3.05, 3.63) is 29.8 Å². The van der Waals surface area contributed by atoms with Crippen molar-refractivity contribution in [3.63, 3.8) is 0 Å². The summed E-state index contributed by atoms with van der Waals surface area (Å²) in [6.45, 7) is 1.18. The minimum absolute atomic E-state index is 0.269. The fourth-order valence-electron chi connectivity index (χ4n) is 1.90. The third-order valence-electron chi connectivity index (χ3n) is 3.02. The maximum absolute atomic E-state index is 11.8. The SMILES string of the molecule is CC(C(=O)O)S(=O)(=O)CC1Cc2ccccc2O1. The molecule has 0 aromatic heterocycles. The van der Waals surface area contributed by atoms with Gasteiger partial charge in [-0.1, -0.05) is 18.2 Å². The number of aliphatic carboxylic acids is 1. The molecule has 2 rings (SSSR count). The van der Waals surface area contributed by atoms with Crippen molar-refractivity contribution < 1.29 is 23.1 Å². The Labute approximate surface area is 105 Å². The Kier molecular flexibility index (Phi) is 3.30. The van der Waals surface area contributed by atoms with Gasteiger partial charge in [0, 0.05) is 6.42 Å². The van der Waals surface area contributed by atoms with Crippen LogP contribution in [0.3, 0.4) is 0 Å². The van der Waals surface area contributed by atoms with Gasteiger partial charge in [0.1, 0.15) is 11.9 Å². The molecule has 6 heteroatoms. The molecule has 0 bridgehead atoms. The van der Waals surface area contributed by atoms with Crippen LogP contribution in [0.15, 0.2) is 24.3 Å². The van der Waals surface area contributed by atoms with Crippen molar-refractivity contribution in [3.8, 4) is 5.75 Å². The van der Waals surface area contributed by atoms with Gasteiger partial charge < -0.3 is 9.84 Å². The van der Waals surface area contributed by atoms with Gasteiger partial charge in [-0.2, -0.15) is 0 Å². The molecule has 0 saturated carbocycles. The second-order valence-corrected chi connectivity index (χ2v) is 6.73. The molecule has 1 N–H and O–H groups in total. The topological polar surface area (TPSA) is 80.7 Å². The van der Waals surface area contributed by atoms with E-state index in [4.69, 9.17) is 9.84 Å². The number of ether oxygens (including phenoxy) is 1. The molecular weight excluding hydrogens is 256 g/mol. The van der Waals surface area contributed by atoms with E-state index in [1.165, 1.54) is 6.92 Å². The number of hydrogen-bond acceptors (Lipinski definition) is 4. The van der Waals surface area contributed by atoms with Gasteiger partial charge in [0.05, 0.1) is 5.75 Å². The highest BCUT2D eigenvalue weighted by Gasteiger charge is 2.33. The lowest BCUT2D eigenvalue weighted by Gasteiger charge is -2.13. The van der Waals surface area contributed by atoms with Crippen molar-refractivity contribution in [2.45, 2.75) is 24.7 Å². The highest BCUT2D eigenvalue weighted by Crippen LogP contribution is 2.29. The van der Waals surface area contributed by atoms with Crippen LogP contribution < -0.4 is 4.74 Å². The first-order valence-corrected chi connectivity index (χ1v) is 7.30. The first-order valence-electron chi connectivity index (χ1n) is 5.59. The molecule has 2 unspecified atom stereocenters. The Bertz CT molecular complexity index is 539. The molecule has 98 valence electrons. The van der Waals surface area contributed by atoms with Gasteiger partial charge in [-0.15, -0.1) is 0 Å². The molecule has 0 radical (unpaired) electrons. The Morgan fingerprint density at radius 2 is 2.17 bits per heavy atom. The zero-order chi connectivity index (χ0) is 13.3. The number of carboxylic acid groups (broad SMARTS) is 1. The van der Waals surface area contributed by atoms with E-state index in [1.54, 1.807) is 6.07 Å².